The maximum atomic E-state index is 12.8. The first-order chi connectivity index (χ1) is 11.7. The Labute approximate surface area is 137 Å². The first kappa shape index (κ1) is 14.6. The molecule has 1 saturated heterocycles. The number of nitrogens with two attached hydrogens (primary N) is 1. The number of nitrogens with zero attached hydrogens (tertiary/aromatic N) is 4. The van der Waals surface area contributed by atoms with Gasteiger partial charge >= 0.3 is 0 Å². The van der Waals surface area contributed by atoms with E-state index in [0.717, 1.165) is 19.4 Å². The van der Waals surface area contributed by atoms with Crippen molar-refractivity contribution < 1.29 is 9.30 Å². The highest BCUT2D eigenvalue weighted by molar-refractivity contribution is 5.76. The number of hydrogen-bond acceptors (Lipinski definition) is 5. The van der Waals surface area contributed by atoms with E-state index in [1.165, 1.54) is 10.5 Å². The van der Waals surface area contributed by atoms with Gasteiger partial charge in [-0.1, -0.05) is 11.1 Å². The summed E-state index contributed by atoms with van der Waals surface area (Å²) in [4.78, 5) is 17.4. The van der Waals surface area contributed by atoms with E-state index in [2.05, 4.69) is 11.1 Å². The van der Waals surface area contributed by atoms with Gasteiger partial charge in [0.2, 0.25) is 11.5 Å². The molecule has 24 heavy (non-hydrogen) atoms. The lowest BCUT2D eigenvalue weighted by molar-refractivity contribution is -0.666. The maximum absolute atomic E-state index is 12.8. The molecule has 1 aliphatic heterocycles. The minimum atomic E-state index is -0.215. The van der Waals surface area contributed by atoms with Crippen LogP contribution in [0.25, 0.3) is 16.7 Å². The average molecular weight is 322 g/mol. The first-order valence-corrected chi connectivity index (χ1v) is 7.84. The molecule has 0 radical (unpaired) electrons. The van der Waals surface area contributed by atoms with Crippen LogP contribution in [0, 0.1) is 11.3 Å². The van der Waals surface area contributed by atoms with Gasteiger partial charge in [-0.2, -0.15) is 5.26 Å². The third-order valence-electron chi connectivity index (χ3n) is 4.39. The molecule has 120 valence electrons. The molecule has 0 amide bonds. The highest BCUT2D eigenvalue weighted by Gasteiger charge is 2.25. The summed E-state index contributed by atoms with van der Waals surface area (Å²) in [6.07, 6.45) is 3.61. The van der Waals surface area contributed by atoms with Crippen LogP contribution in [0.4, 0.5) is 5.82 Å². The molecule has 0 aromatic carbocycles. The van der Waals surface area contributed by atoms with Gasteiger partial charge in [0.1, 0.15) is 17.0 Å². The summed E-state index contributed by atoms with van der Waals surface area (Å²) in [5.74, 6) is 0.313. The predicted molar refractivity (Wildman–Crippen MR) is 87.3 cm³/mol. The minimum absolute atomic E-state index is 0.0190. The molecule has 4 rings (SSSR count). The standard InChI is InChI=1S/C17H15N5O2/c18-9-11-8-13-16(20-14-5-1-2-6-21(14)17(13)23)22(15(11)19)10-12-4-3-7-24-12/h1-2,5-6,8,12,19H,3-4,7,10H2/p+1/t12-/m1/s1. The Bertz CT molecular complexity index is 1040. The molecule has 1 aliphatic rings. The zero-order valence-corrected chi connectivity index (χ0v) is 13.0. The predicted octanol–water partition coefficient (Wildman–Crippen LogP) is 0.768. The Morgan fingerprint density at radius 2 is 2.38 bits per heavy atom. The molecule has 2 N–H and O–H groups in total. The van der Waals surface area contributed by atoms with Crippen LogP contribution in [0.5, 0.6) is 0 Å². The average Bonchev–Trinajstić information content (AvgIpc) is 3.11. The van der Waals surface area contributed by atoms with E-state index in [1.807, 2.05) is 6.07 Å². The summed E-state index contributed by atoms with van der Waals surface area (Å²) in [5.41, 5.74) is 7.25. The molecule has 1 fully saturated rings. The van der Waals surface area contributed by atoms with Crippen molar-refractivity contribution >= 4 is 22.5 Å². The van der Waals surface area contributed by atoms with Gasteiger partial charge in [0, 0.05) is 12.8 Å². The second-order valence-corrected chi connectivity index (χ2v) is 5.88. The lowest BCUT2D eigenvalue weighted by Gasteiger charge is -2.13. The van der Waals surface area contributed by atoms with Crippen LogP contribution in [0.15, 0.2) is 35.3 Å². The fourth-order valence-electron chi connectivity index (χ4n) is 3.17. The van der Waals surface area contributed by atoms with Crippen LogP contribution in [0.3, 0.4) is 0 Å². The summed E-state index contributed by atoms with van der Waals surface area (Å²) in [6.45, 7) is 1.20. The molecule has 3 aromatic rings. The van der Waals surface area contributed by atoms with Gasteiger partial charge < -0.3 is 10.5 Å². The second-order valence-electron chi connectivity index (χ2n) is 5.88. The molecule has 0 spiro atoms. The zero-order valence-electron chi connectivity index (χ0n) is 13.0. The number of rotatable bonds is 2. The van der Waals surface area contributed by atoms with Crippen molar-refractivity contribution in [3.05, 3.63) is 46.4 Å². The number of anilines is 1. The number of aromatic nitrogens is 3. The van der Waals surface area contributed by atoms with Crippen molar-refractivity contribution in [2.75, 3.05) is 12.3 Å². The van der Waals surface area contributed by atoms with Crippen molar-refractivity contribution in [2.24, 2.45) is 0 Å². The van der Waals surface area contributed by atoms with Gasteiger partial charge in [-0.25, -0.2) is 4.57 Å². The summed E-state index contributed by atoms with van der Waals surface area (Å²) in [7, 11) is 0. The van der Waals surface area contributed by atoms with Crippen LogP contribution < -0.4 is 15.9 Å². The number of pyridine rings is 2. The Hall–Kier alpha value is -2.98. The molecule has 7 nitrogen and oxygen atoms in total. The van der Waals surface area contributed by atoms with Gasteiger partial charge in [-0.3, -0.25) is 9.20 Å². The van der Waals surface area contributed by atoms with Crippen LogP contribution in [0.2, 0.25) is 0 Å². The molecular formula is C17H16N5O2+. The van der Waals surface area contributed by atoms with Gasteiger partial charge in [0.25, 0.3) is 11.2 Å². The van der Waals surface area contributed by atoms with Gasteiger partial charge in [0.15, 0.2) is 0 Å². The molecule has 3 aromatic heterocycles. The number of nitrogen functional groups attached to an aromatic ring is 1. The summed E-state index contributed by atoms with van der Waals surface area (Å²) >= 11 is 0. The molecule has 0 aliphatic carbocycles. The molecular weight excluding hydrogens is 306 g/mol. The van der Waals surface area contributed by atoms with Crippen LogP contribution in [-0.2, 0) is 11.3 Å². The van der Waals surface area contributed by atoms with E-state index in [9.17, 15) is 10.1 Å². The molecule has 0 saturated carbocycles. The Kier molecular flexibility index (Phi) is 3.40. The lowest BCUT2D eigenvalue weighted by Crippen LogP contribution is -2.45. The maximum Gasteiger partial charge on any atom is 0.278 e. The second kappa shape index (κ2) is 5.58. The number of fused-ring (bicyclic) bond motifs is 2. The minimum Gasteiger partial charge on any atom is -0.375 e. The van der Waals surface area contributed by atoms with Crippen LogP contribution in [-0.4, -0.2) is 22.1 Å². The monoisotopic (exact) mass is 322 g/mol. The molecule has 7 heteroatoms. The molecule has 1 atom stereocenters. The Morgan fingerprint density at radius 1 is 1.50 bits per heavy atom. The summed E-state index contributed by atoms with van der Waals surface area (Å²) in [5, 5.41) is 9.74. The van der Waals surface area contributed by atoms with E-state index in [-0.39, 0.29) is 17.2 Å². The number of ether oxygens (including phenoxy) is 1. The largest absolute Gasteiger partial charge is 0.375 e. The highest BCUT2D eigenvalue weighted by atomic mass is 16.5. The zero-order chi connectivity index (χ0) is 16.7. The van der Waals surface area contributed by atoms with Crippen molar-refractivity contribution in [2.45, 2.75) is 25.5 Å². The van der Waals surface area contributed by atoms with Crippen LogP contribution >= 0.6 is 0 Å². The van der Waals surface area contributed by atoms with Crippen LogP contribution in [0.1, 0.15) is 18.4 Å². The fourth-order valence-corrected chi connectivity index (χ4v) is 3.17. The van der Waals surface area contributed by atoms with Gasteiger partial charge in [-0.05, 0) is 31.0 Å². The third kappa shape index (κ3) is 2.20. The van der Waals surface area contributed by atoms with Gasteiger partial charge in [-0.15, -0.1) is 0 Å². The lowest BCUT2D eigenvalue weighted by atomic mass is 10.2. The van der Waals surface area contributed by atoms with E-state index in [4.69, 9.17) is 10.5 Å². The quantitative estimate of drug-likeness (QED) is 0.555. The molecule has 4 heterocycles. The van der Waals surface area contributed by atoms with Crippen molar-refractivity contribution in [1.82, 2.24) is 9.38 Å². The van der Waals surface area contributed by atoms with E-state index in [1.54, 1.807) is 22.9 Å². The molecule has 0 unspecified atom stereocenters. The molecule has 0 bridgehead atoms. The smallest absolute Gasteiger partial charge is 0.278 e. The van der Waals surface area contributed by atoms with Gasteiger partial charge in [0.05, 0.1) is 12.6 Å². The third-order valence-corrected chi connectivity index (χ3v) is 4.39. The van der Waals surface area contributed by atoms with Crippen molar-refractivity contribution in [3.63, 3.8) is 0 Å². The summed E-state index contributed by atoms with van der Waals surface area (Å²) < 4.78 is 8.88. The number of hydrogen-bond donors (Lipinski definition) is 1. The summed E-state index contributed by atoms with van der Waals surface area (Å²) in [6, 6.07) is 8.95. The van der Waals surface area contributed by atoms with E-state index < -0.39 is 0 Å². The normalized spacial score (nSPS) is 17.4. The number of nitriles is 1. The Morgan fingerprint density at radius 3 is 3.12 bits per heavy atom. The first-order valence-electron chi connectivity index (χ1n) is 7.84. The van der Waals surface area contributed by atoms with E-state index >= 15 is 0 Å². The van der Waals surface area contributed by atoms with E-state index in [0.29, 0.717) is 29.0 Å². The fraction of sp³-hybridized carbons (Fsp3) is 0.294. The SMILES string of the molecule is N#Cc1cc2c(=O)n3ccccc3nc2[n+](C[C@H]2CCCO2)c1N. The van der Waals surface area contributed by atoms with Crippen molar-refractivity contribution in [1.29, 1.82) is 5.26 Å². The topological polar surface area (TPSA) is 97.3 Å². The highest BCUT2D eigenvalue weighted by Crippen LogP contribution is 2.17. The Balaban J connectivity index is 2.05. The van der Waals surface area contributed by atoms with Crippen molar-refractivity contribution in [3.8, 4) is 6.07 Å².